The van der Waals surface area contributed by atoms with Gasteiger partial charge in [0.2, 0.25) is 0 Å². The van der Waals surface area contributed by atoms with E-state index in [4.69, 9.17) is 11.2 Å². The molecule has 1 saturated heterocycles. The summed E-state index contributed by atoms with van der Waals surface area (Å²) in [7, 11) is 0. The topological polar surface area (TPSA) is 75.7 Å². The molecule has 0 bridgehead atoms. The summed E-state index contributed by atoms with van der Waals surface area (Å²) < 4.78 is 20.2. The van der Waals surface area contributed by atoms with Crippen molar-refractivity contribution in [3.63, 3.8) is 0 Å². The van der Waals surface area contributed by atoms with Crippen molar-refractivity contribution in [2.24, 2.45) is 0 Å². The number of carbonyl (C=O) groups is 3. The Morgan fingerprint density at radius 3 is 2.68 bits per heavy atom. The summed E-state index contributed by atoms with van der Waals surface area (Å²) in [6.07, 6.45) is 6.46. The van der Waals surface area contributed by atoms with E-state index in [9.17, 15) is 18.8 Å². The monoisotopic (exact) mass is 442 g/mol. The summed E-state index contributed by atoms with van der Waals surface area (Å²) in [4.78, 5) is 37.8. The van der Waals surface area contributed by atoms with Crippen LogP contribution in [0.5, 0.6) is 5.75 Å². The van der Waals surface area contributed by atoms with Gasteiger partial charge in [-0.25, -0.2) is 14.1 Å². The van der Waals surface area contributed by atoms with E-state index in [1.807, 2.05) is 5.32 Å². The van der Waals surface area contributed by atoms with Crippen LogP contribution in [0.1, 0.15) is 5.56 Å². The Morgan fingerprint density at radius 1 is 1.21 bits per heavy atom. The van der Waals surface area contributed by atoms with Gasteiger partial charge in [-0.2, -0.15) is 0 Å². The standard InChI is InChI=1S/C20H12BrFN2O4/c1-2-9-28-17-8-7-13(21)10-12(17)11-14-18(25)23-20(27)24(19(14)26)16-6-4-3-5-15(16)22/h1,3-8,10-11H,9H2,(H,23,25,27)/b14-11-. The number of hydrogen-bond acceptors (Lipinski definition) is 4. The van der Waals surface area contributed by atoms with Gasteiger partial charge in [0.05, 0.1) is 5.69 Å². The van der Waals surface area contributed by atoms with Crippen LogP contribution in [-0.4, -0.2) is 24.5 Å². The maximum Gasteiger partial charge on any atom is 0.336 e. The zero-order chi connectivity index (χ0) is 20.3. The molecule has 28 heavy (non-hydrogen) atoms. The van der Waals surface area contributed by atoms with Crippen molar-refractivity contribution in [1.29, 1.82) is 0 Å². The first kappa shape index (κ1) is 19.3. The first-order chi connectivity index (χ1) is 13.4. The summed E-state index contributed by atoms with van der Waals surface area (Å²) in [5.41, 5.74) is -0.237. The van der Waals surface area contributed by atoms with Gasteiger partial charge in [-0.15, -0.1) is 6.42 Å². The number of nitrogens with zero attached hydrogens (tertiary/aromatic N) is 1. The SMILES string of the molecule is C#CCOc1ccc(Br)cc1/C=C1/C(=O)NC(=O)N(c2ccccc2F)C1=O. The molecular formula is C20H12BrFN2O4. The van der Waals surface area contributed by atoms with Crippen LogP contribution >= 0.6 is 15.9 Å². The summed E-state index contributed by atoms with van der Waals surface area (Å²) >= 11 is 3.30. The number of rotatable bonds is 4. The number of barbiturate groups is 1. The molecule has 4 amide bonds. The van der Waals surface area contributed by atoms with Crippen molar-refractivity contribution in [2.45, 2.75) is 0 Å². The fraction of sp³-hybridized carbons (Fsp3) is 0.0500. The zero-order valence-corrected chi connectivity index (χ0v) is 15.8. The third-order valence-electron chi connectivity index (χ3n) is 3.78. The fourth-order valence-electron chi connectivity index (χ4n) is 2.55. The molecule has 0 saturated carbocycles. The number of benzene rings is 2. The van der Waals surface area contributed by atoms with Crippen LogP contribution < -0.4 is 15.0 Å². The van der Waals surface area contributed by atoms with Gasteiger partial charge in [-0.3, -0.25) is 14.9 Å². The second-order valence-electron chi connectivity index (χ2n) is 5.58. The summed E-state index contributed by atoms with van der Waals surface area (Å²) in [5.74, 6) is 0.0290. The normalized spacial score (nSPS) is 15.4. The summed E-state index contributed by atoms with van der Waals surface area (Å²) in [5, 5.41) is 2.04. The molecule has 0 aliphatic carbocycles. The third kappa shape index (κ3) is 3.80. The number of urea groups is 1. The number of nitrogens with one attached hydrogen (secondary N) is 1. The highest BCUT2D eigenvalue weighted by Gasteiger charge is 2.38. The van der Waals surface area contributed by atoms with Gasteiger partial charge < -0.3 is 4.74 Å². The lowest BCUT2D eigenvalue weighted by Crippen LogP contribution is -2.54. The summed E-state index contributed by atoms with van der Waals surface area (Å²) in [6, 6.07) is 9.16. The molecule has 0 atom stereocenters. The molecule has 3 rings (SSSR count). The molecule has 2 aromatic carbocycles. The molecule has 6 nitrogen and oxygen atoms in total. The number of terminal acetylenes is 1. The van der Waals surface area contributed by atoms with Gasteiger partial charge in [-0.1, -0.05) is 34.0 Å². The van der Waals surface area contributed by atoms with E-state index < -0.39 is 23.7 Å². The maximum absolute atomic E-state index is 14.1. The van der Waals surface area contributed by atoms with Crippen LogP contribution in [0.15, 0.2) is 52.5 Å². The zero-order valence-electron chi connectivity index (χ0n) is 14.2. The quantitative estimate of drug-likeness (QED) is 0.447. The molecule has 2 aromatic rings. The Kier molecular flexibility index (Phi) is 5.57. The number of para-hydroxylation sites is 1. The molecule has 1 N–H and O–H groups in total. The highest BCUT2D eigenvalue weighted by atomic mass is 79.9. The minimum atomic E-state index is -1.03. The van der Waals surface area contributed by atoms with Crippen molar-refractivity contribution in [3.8, 4) is 18.1 Å². The Bertz CT molecular complexity index is 1060. The smallest absolute Gasteiger partial charge is 0.336 e. The van der Waals surface area contributed by atoms with E-state index in [1.165, 1.54) is 24.3 Å². The second-order valence-corrected chi connectivity index (χ2v) is 6.50. The first-order valence-corrected chi connectivity index (χ1v) is 8.73. The molecule has 1 fully saturated rings. The largest absolute Gasteiger partial charge is 0.480 e. The molecule has 1 aliphatic rings. The van der Waals surface area contributed by atoms with E-state index >= 15 is 0 Å². The fourth-order valence-corrected chi connectivity index (χ4v) is 2.93. The van der Waals surface area contributed by atoms with E-state index in [0.29, 0.717) is 20.7 Å². The number of anilines is 1. The molecular weight excluding hydrogens is 431 g/mol. The van der Waals surface area contributed by atoms with Crippen LogP contribution in [0.2, 0.25) is 0 Å². The molecule has 0 radical (unpaired) electrons. The van der Waals surface area contributed by atoms with Crippen molar-refractivity contribution >= 4 is 45.5 Å². The Balaban J connectivity index is 2.07. The van der Waals surface area contributed by atoms with Crippen molar-refractivity contribution in [1.82, 2.24) is 5.32 Å². The van der Waals surface area contributed by atoms with Crippen molar-refractivity contribution in [2.75, 3.05) is 11.5 Å². The van der Waals surface area contributed by atoms with E-state index in [-0.39, 0.29) is 17.9 Å². The molecule has 0 spiro atoms. The van der Waals surface area contributed by atoms with Gasteiger partial charge in [0, 0.05) is 10.0 Å². The van der Waals surface area contributed by atoms with Gasteiger partial charge in [-0.05, 0) is 36.4 Å². The molecule has 8 heteroatoms. The average molecular weight is 443 g/mol. The second kappa shape index (κ2) is 8.06. The lowest BCUT2D eigenvalue weighted by atomic mass is 10.1. The van der Waals surface area contributed by atoms with Gasteiger partial charge in [0.15, 0.2) is 0 Å². The van der Waals surface area contributed by atoms with Gasteiger partial charge in [0.1, 0.15) is 23.7 Å². The Morgan fingerprint density at radius 2 is 1.96 bits per heavy atom. The number of imide groups is 2. The lowest BCUT2D eigenvalue weighted by molar-refractivity contribution is -0.122. The number of ether oxygens (including phenoxy) is 1. The number of carbonyl (C=O) groups excluding carboxylic acids is 3. The van der Waals surface area contributed by atoms with Crippen molar-refractivity contribution in [3.05, 3.63) is 63.9 Å². The maximum atomic E-state index is 14.1. The highest BCUT2D eigenvalue weighted by molar-refractivity contribution is 9.10. The Hall–Kier alpha value is -3.44. The number of amides is 4. The molecule has 0 aromatic heterocycles. The number of hydrogen-bond donors (Lipinski definition) is 1. The lowest BCUT2D eigenvalue weighted by Gasteiger charge is -2.26. The van der Waals surface area contributed by atoms with E-state index in [1.54, 1.807) is 18.2 Å². The molecule has 1 aliphatic heterocycles. The summed E-state index contributed by atoms with van der Waals surface area (Å²) in [6.45, 7) is -0.0161. The number of halogens is 2. The first-order valence-electron chi connectivity index (χ1n) is 7.94. The molecule has 1 heterocycles. The van der Waals surface area contributed by atoms with Crippen LogP contribution in [0.4, 0.5) is 14.9 Å². The molecule has 140 valence electrons. The van der Waals surface area contributed by atoms with Crippen LogP contribution in [-0.2, 0) is 9.59 Å². The minimum Gasteiger partial charge on any atom is -0.480 e. The highest BCUT2D eigenvalue weighted by Crippen LogP contribution is 2.28. The van der Waals surface area contributed by atoms with Gasteiger partial charge >= 0.3 is 6.03 Å². The Labute approximate surface area is 168 Å². The van der Waals surface area contributed by atoms with Crippen LogP contribution in [0.3, 0.4) is 0 Å². The third-order valence-corrected chi connectivity index (χ3v) is 4.27. The predicted molar refractivity (Wildman–Crippen MR) is 104 cm³/mol. The van der Waals surface area contributed by atoms with Crippen LogP contribution in [0, 0.1) is 18.2 Å². The predicted octanol–water partition coefficient (Wildman–Crippen LogP) is 3.27. The van der Waals surface area contributed by atoms with E-state index in [2.05, 4.69) is 21.9 Å². The van der Waals surface area contributed by atoms with E-state index in [0.717, 1.165) is 6.07 Å². The minimum absolute atomic E-state index is 0.0161. The van der Waals surface area contributed by atoms with Crippen molar-refractivity contribution < 1.29 is 23.5 Å². The van der Waals surface area contributed by atoms with Crippen LogP contribution in [0.25, 0.3) is 6.08 Å². The average Bonchev–Trinajstić information content (AvgIpc) is 2.66. The molecule has 0 unspecified atom stereocenters. The van der Waals surface area contributed by atoms with Gasteiger partial charge in [0.25, 0.3) is 11.8 Å².